The van der Waals surface area contributed by atoms with E-state index in [1.807, 2.05) is 0 Å². The summed E-state index contributed by atoms with van der Waals surface area (Å²) in [5, 5.41) is 9.30. The van der Waals surface area contributed by atoms with Gasteiger partial charge in [0.2, 0.25) is 0 Å². The van der Waals surface area contributed by atoms with Crippen LogP contribution in [-0.2, 0) is 16.6 Å². The van der Waals surface area contributed by atoms with Gasteiger partial charge in [0.1, 0.15) is 4.90 Å². The van der Waals surface area contributed by atoms with Crippen molar-refractivity contribution in [2.75, 3.05) is 19.6 Å². The maximum atomic E-state index is 12.3. The van der Waals surface area contributed by atoms with Crippen LogP contribution in [0.15, 0.2) is 17.3 Å². The molecular weight excluding hydrogens is 290 g/mol. The molecule has 118 valence electrons. The van der Waals surface area contributed by atoms with E-state index in [0.29, 0.717) is 12.6 Å². The number of hydrogen-bond donors (Lipinski definition) is 2. The predicted octanol–water partition coefficient (Wildman–Crippen LogP) is 0.314. The highest BCUT2D eigenvalue weighted by Gasteiger charge is 2.22. The number of piperidine rings is 1. The van der Waals surface area contributed by atoms with E-state index in [4.69, 9.17) is 0 Å². The van der Waals surface area contributed by atoms with Gasteiger partial charge in [0.15, 0.2) is 0 Å². The van der Waals surface area contributed by atoms with Crippen molar-refractivity contribution in [1.29, 1.82) is 0 Å². The number of nitrogens with zero attached hydrogens (tertiary/aromatic N) is 3. The highest BCUT2D eigenvalue weighted by molar-refractivity contribution is 7.89. The molecule has 1 saturated heterocycles. The highest BCUT2D eigenvalue weighted by atomic mass is 32.2. The van der Waals surface area contributed by atoms with Crippen molar-refractivity contribution in [1.82, 2.24) is 24.9 Å². The molecule has 0 radical (unpaired) electrons. The lowest BCUT2D eigenvalue weighted by atomic mass is 10.2. The van der Waals surface area contributed by atoms with Crippen molar-refractivity contribution in [2.24, 2.45) is 0 Å². The first-order chi connectivity index (χ1) is 10.1. The molecule has 2 aliphatic rings. The molecule has 2 N–H and O–H groups in total. The SMILES string of the molecule is O=S(=O)(NN1CCCCC1)c1cnn(CCNC2CC2)c1. The fourth-order valence-corrected chi connectivity index (χ4v) is 3.56. The van der Waals surface area contributed by atoms with Crippen LogP contribution < -0.4 is 10.1 Å². The number of nitrogens with one attached hydrogen (secondary N) is 2. The van der Waals surface area contributed by atoms with Crippen LogP contribution in [0.25, 0.3) is 0 Å². The Hall–Kier alpha value is -0.960. The molecule has 0 bridgehead atoms. The van der Waals surface area contributed by atoms with Crippen LogP contribution in [0.2, 0.25) is 0 Å². The summed E-state index contributed by atoms with van der Waals surface area (Å²) in [5.41, 5.74) is 0. The van der Waals surface area contributed by atoms with Gasteiger partial charge in [0.05, 0.1) is 12.7 Å². The first-order valence-corrected chi connectivity index (χ1v) is 9.15. The lowest BCUT2D eigenvalue weighted by Gasteiger charge is -2.26. The van der Waals surface area contributed by atoms with Crippen molar-refractivity contribution in [3.8, 4) is 0 Å². The van der Waals surface area contributed by atoms with Crippen molar-refractivity contribution in [3.63, 3.8) is 0 Å². The van der Waals surface area contributed by atoms with Gasteiger partial charge in [-0.3, -0.25) is 4.68 Å². The number of hydrogen-bond acceptors (Lipinski definition) is 5. The summed E-state index contributed by atoms with van der Waals surface area (Å²) in [6, 6.07) is 0.657. The molecule has 2 fully saturated rings. The number of sulfonamides is 1. The van der Waals surface area contributed by atoms with E-state index in [1.165, 1.54) is 25.5 Å². The summed E-state index contributed by atoms with van der Waals surface area (Å²) in [5.74, 6) is 0. The molecule has 1 aliphatic carbocycles. The average Bonchev–Trinajstić information content (AvgIpc) is 3.15. The molecule has 1 saturated carbocycles. The van der Waals surface area contributed by atoms with E-state index >= 15 is 0 Å². The summed E-state index contributed by atoms with van der Waals surface area (Å²) >= 11 is 0. The molecule has 8 heteroatoms. The van der Waals surface area contributed by atoms with Crippen molar-refractivity contribution < 1.29 is 8.42 Å². The Balaban J connectivity index is 1.55. The summed E-state index contributed by atoms with van der Waals surface area (Å²) < 4.78 is 26.2. The van der Waals surface area contributed by atoms with Crippen LogP contribution in [0.3, 0.4) is 0 Å². The van der Waals surface area contributed by atoms with Gasteiger partial charge < -0.3 is 5.32 Å². The lowest BCUT2D eigenvalue weighted by molar-refractivity contribution is 0.200. The van der Waals surface area contributed by atoms with Crippen LogP contribution in [0.1, 0.15) is 32.1 Å². The molecule has 1 aliphatic heterocycles. The summed E-state index contributed by atoms with van der Waals surface area (Å²) in [4.78, 5) is 2.88. The summed E-state index contributed by atoms with van der Waals surface area (Å²) in [6.07, 6.45) is 8.76. The van der Waals surface area contributed by atoms with Gasteiger partial charge >= 0.3 is 0 Å². The molecule has 1 aromatic rings. The molecular formula is C13H23N5O2S. The Morgan fingerprint density at radius 3 is 2.71 bits per heavy atom. The van der Waals surface area contributed by atoms with E-state index in [2.05, 4.69) is 15.2 Å². The van der Waals surface area contributed by atoms with E-state index in [1.54, 1.807) is 15.9 Å². The molecule has 7 nitrogen and oxygen atoms in total. The van der Waals surface area contributed by atoms with E-state index in [0.717, 1.165) is 32.5 Å². The van der Waals surface area contributed by atoms with E-state index in [-0.39, 0.29) is 4.90 Å². The maximum absolute atomic E-state index is 12.3. The van der Waals surface area contributed by atoms with Crippen molar-refractivity contribution >= 4 is 10.0 Å². The molecule has 0 amide bonds. The predicted molar refractivity (Wildman–Crippen MR) is 79.0 cm³/mol. The van der Waals surface area contributed by atoms with Gasteiger partial charge in [-0.05, 0) is 25.7 Å². The standard InChI is InChI=1S/C13H23N5O2S/c19-21(20,16-17-7-2-1-3-8-17)13-10-15-18(11-13)9-6-14-12-4-5-12/h10-12,14,16H,1-9H2. The fourth-order valence-electron chi connectivity index (χ4n) is 2.48. The third-order valence-electron chi connectivity index (χ3n) is 3.88. The van der Waals surface area contributed by atoms with Crippen LogP contribution >= 0.6 is 0 Å². The zero-order valence-corrected chi connectivity index (χ0v) is 13.0. The van der Waals surface area contributed by atoms with Crippen LogP contribution in [0.4, 0.5) is 0 Å². The minimum absolute atomic E-state index is 0.236. The minimum Gasteiger partial charge on any atom is -0.312 e. The first-order valence-electron chi connectivity index (χ1n) is 7.67. The Labute approximate surface area is 125 Å². The molecule has 2 heterocycles. The third-order valence-corrected chi connectivity index (χ3v) is 5.21. The van der Waals surface area contributed by atoms with Gasteiger partial charge in [0, 0.05) is 31.9 Å². The first kappa shape index (κ1) is 15.0. The topological polar surface area (TPSA) is 79.3 Å². The highest BCUT2D eigenvalue weighted by Crippen LogP contribution is 2.18. The molecule has 0 unspecified atom stereocenters. The second-order valence-electron chi connectivity index (χ2n) is 5.81. The summed E-state index contributed by atoms with van der Waals surface area (Å²) in [6.45, 7) is 3.07. The molecule has 1 aromatic heterocycles. The number of hydrazine groups is 1. The van der Waals surface area contributed by atoms with Gasteiger partial charge in [-0.15, -0.1) is 4.83 Å². The second kappa shape index (κ2) is 6.43. The molecule has 0 aromatic carbocycles. The smallest absolute Gasteiger partial charge is 0.256 e. The van der Waals surface area contributed by atoms with Crippen molar-refractivity contribution in [3.05, 3.63) is 12.4 Å². The quantitative estimate of drug-likeness (QED) is 0.757. The third kappa shape index (κ3) is 4.26. The maximum Gasteiger partial charge on any atom is 0.256 e. The van der Waals surface area contributed by atoms with Gasteiger partial charge in [-0.25, -0.2) is 13.4 Å². The largest absolute Gasteiger partial charge is 0.312 e. The lowest BCUT2D eigenvalue weighted by Crippen LogP contribution is -2.44. The van der Waals surface area contributed by atoms with Crippen LogP contribution in [0, 0.1) is 0 Å². The normalized spacial score (nSPS) is 20.8. The molecule has 0 atom stereocenters. The Bertz CT molecular complexity index is 561. The number of rotatable bonds is 7. The Morgan fingerprint density at radius 1 is 1.24 bits per heavy atom. The molecule has 21 heavy (non-hydrogen) atoms. The number of aromatic nitrogens is 2. The molecule has 0 spiro atoms. The Morgan fingerprint density at radius 2 is 2.00 bits per heavy atom. The molecule has 3 rings (SSSR count). The van der Waals surface area contributed by atoms with Gasteiger partial charge in [-0.1, -0.05) is 6.42 Å². The minimum atomic E-state index is -3.50. The fraction of sp³-hybridized carbons (Fsp3) is 0.769. The zero-order valence-electron chi connectivity index (χ0n) is 12.2. The second-order valence-corrected chi connectivity index (χ2v) is 7.47. The summed E-state index contributed by atoms with van der Waals surface area (Å²) in [7, 11) is -3.50. The van der Waals surface area contributed by atoms with E-state index < -0.39 is 10.0 Å². The van der Waals surface area contributed by atoms with Crippen molar-refractivity contribution in [2.45, 2.75) is 49.6 Å². The monoisotopic (exact) mass is 313 g/mol. The van der Waals surface area contributed by atoms with Crippen LogP contribution in [-0.4, -0.2) is 48.9 Å². The van der Waals surface area contributed by atoms with Gasteiger partial charge in [-0.2, -0.15) is 5.10 Å². The zero-order chi connectivity index (χ0) is 14.7. The van der Waals surface area contributed by atoms with E-state index in [9.17, 15) is 8.42 Å². The Kier molecular flexibility index (Phi) is 4.58. The van der Waals surface area contributed by atoms with Crippen LogP contribution in [0.5, 0.6) is 0 Å². The van der Waals surface area contributed by atoms with Gasteiger partial charge in [0.25, 0.3) is 10.0 Å². The average molecular weight is 313 g/mol.